The number of hydrogen-bond donors (Lipinski definition) is 2. The number of aliphatic carboxylic acids is 1. The lowest BCUT2D eigenvalue weighted by atomic mass is 10.2. The largest absolute Gasteiger partial charge is 0.490 e. The second-order valence-electron chi connectivity index (χ2n) is 3.52. The maximum atomic E-state index is 10.5. The van der Waals surface area contributed by atoms with Gasteiger partial charge in [-0.15, -0.1) is 0 Å². The molecule has 3 N–H and O–H groups in total. The Kier molecular flexibility index (Phi) is 4.78. The van der Waals surface area contributed by atoms with Crippen molar-refractivity contribution in [2.45, 2.75) is 32.4 Å². The molecule has 0 radical (unpaired) electrons. The van der Waals surface area contributed by atoms with Crippen LogP contribution in [0.4, 0.5) is 0 Å². The third kappa shape index (κ3) is 3.90. The van der Waals surface area contributed by atoms with Crippen molar-refractivity contribution in [3.05, 3.63) is 12.4 Å². The summed E-state index contributed by atoms with van der Waals surface area (Å²) in [5.41, 5.74) is 5.38. The van der Waals surface area contributed by atoms with Crippen molar-refractivity contribution in [1.82, 2.24) is 9.78 Å². The average Bonchev–Trinajstić information content (AvgIpc) is 2.70. The van der Waals surface area contributed by atoms with Crippen molar-refractivity contribution < 1.29 is 14.6 Å². The zero-order valence-corrected chi connectivity index (χ0v) is 9.30. The first-order valence-corrected chi connectivity index (χ1v) is 5.27. The van der Waals surface area contributed by atoms with Gasteiger partial charge in [0, 0.05) is 6.54 Å². The fourth-order valence-corrected chi connectivity index (χ4v) is 1.16. The Morgan fingerprint density at radius 1 is 1.75 bits per heavy atom. The predicted octanol–water partition coefficient (Wildman–Crippen LogP) is 0.474. The molecule has 0 bridgehead atoms. The summed E-state index contributed by atoms with van der Waals surface area (Å²) in [4.78, 5) is 10.5. The van der Waals surface area contributed by atoms with Crippen LogP contribution < -0.4 is 10.5 Å². The van der Waals surface area contributed by atoms with Crippen LogP contribution in [0.2, 0.25) is 0 Å². The fraction of sp³-hybridized carbons (Fsp3) is 0.600. The summed E-state index contributed by atoms with van der Waals surface area (Å²) in [6.07, 6.45) is 4.64. The third-order valence-electron chi connectivity index (χ3n) is 2.07. The van der Waals surface area contributed by atoms with Crippen LogP contribution in [0, 0.1) is 0 Å². The monoisotopic (exact) mass is 227 g/mol. The Bertz CT molecular complexity index is 338. The van der Waals surface area contributed by atoms with Gasteiger partial charge in [-0.3, -0.25) is 9.48 Å². The summed E-state index contributed by atoms with van der Waals surface area (Å²) in [5, 5.41) is 12.6. The maximum Gasteiger partial charge on any atom is 0.320 e. The smallest absolute Gasteiger partial charge is 0.320 e. The summed E-state index contributed by atoms with van der Waals surface area (Å²) in [7, 11) is 0. The van der Waals surface area contributed by atoms with E-state index < -0.39 is 12.0 Å². The number of nitrogens with zero attached hydrogens (tertiary/aromatic N) is 2. The molecule has 1 atom stereocenters. The lowest BCUT2D eigenvalue weighted by Gasteiger charge is -2.05. The molecule has 6 nitrogen and oxygen atoms in total. The molecule has 1 aromatic rings. The molecule has 0 amide bonds. The van der Waals surface area contributed by atoms with E-state index in [1.807, 2.05) is 6.92 Å². The van der Waals surface area contributed by atoms with Crippen LogP contribution in [0.15, 0.2) is 12.4 Å². The van der Waals surface area contributed by atoms with Gasteiger partial charge in [-0.2, -0.15) is 5.10 Å². The minimum atomic E-state index is -0.991. The number of ether oxygens (including phenoxy) is 1. The predicted molar refractivity (Wildman–Crippen MR) is 58.2 cm³/mol. The Morgan fingerprint density at radius 3 is 3.12 bits per heavy atom. The first-order chi connectivity index (χ1) is 7.63. The van der Waals surface area contributed by atoms with Crippen molar-refractivity contribution >= 4 is 5.97 Å². The highest BCUT2D eigenvalue weighted by Crippen LogP contribution is 2.09. The molecule has 0 aromatic carbocycles. The lowest BCUT2D eigenvalue weighted by molar-refractivity contribution is -0.138. The molecule has 0 aliphatic carbocycles. The zero-order chi connectivity index (χ0) is 12.0. The van der Waals surface area contributed by atoms with Crippen LogP contribution in [0.5, 0.6) is 5.75 Å². The number of aryl methyl sites for hydroxylation is 1. The number of rotatable bonds is 7. The van der Waals surface area contributed by atoms with Crippen LogP contribution in [-0.2, 0) is 11.3 Å². The SMILES string of the molecule is CCCOc1cnn(CCC(N)C(=O)O)c1. The highest BCUT2D eigenvalue weighted by molar-refractivity contribution is 5.72. The second-order valence-corrected chi connectivity index (χ2v) is 3.52. The van der Waals surface area contributed by atoms with Gasteiger partial charge >= 0.3 is 5.97 Å². The maximum absolute atomic E-state index is 10.5. The van der Waals surface area contributed by atoms with Crippen molar-refractivity contribution in [3.63, 3.8) is 0 Å². The summed E-state index contributed by atoms with van der Waals surface area (Å²) >= 11 is 0. The zero-order valence-electron chi connectivity index (χ0n) is 9.30. The van der Waals surface area contributed by atoms with E-state index in [1.165, 1.54) is 0 Å². The second kappa shape index (κ2) is 6.12. The number of carboxylic acids is 1. The first-order valence-electron chi connectivity index (χ1n) is 5.27. The quantitative estimate of drug-likeness (QED) is 0.706. The number of nitrogens with two attached hydrogens (primary N) is 1. The van der Waals surface area contributed by atoms with Crippen LogP contribution in [0.25, 0.3) is 0 Å². The van der Waals surface area contributed by atoms with Gasteiger partial charge in [0.1, 0.15) is 6.04 Å². The number of carboxylic acid groups (broad SMARTS) is 1. The molecular weight excluding hydrogens is 210 g/mol. The van der Waals surface area contributed by atoms with Gasteiger partial charge in [-0.1, -0.05) is 6.92 Å². The van der Waals surface area contributed by atoms with E-state index in [1.54, 1.807) is 17.1 Å². The van der Waals surface area contributed by atoms with Gasteiger partial charge < -0.3 is 15.6 Å². The van der Waals surface area contributed by atoms with Gasteiger partial charge in [0.05, 0.1) is 19.0 Å². The van der Waals surface area contributed by atoms with Crippen LogP contribution >= 0.6 is 0 Å². The minimum Gasteiger partial charge on any atom is -0.490 e. The van der Waals surface area contributed by atoms with Crippen molar-refractivity contribution in [1.29, 1.82) is 0 Å². The van der Waals surface area contributed by atoms with Gasteiger partial charge in [-0.05, 0) is 12.8 Å². The topological polar surface area (TPSA) is 90.4 Å². The normalized spacial score (nSPS) is 12.4. The lowest BCUT2D eigenvalue weighted by Crippen LogP contribution is -2.31. The van der Waals surface area contributed by atoms with E-state index >= 15 is 0 Å². The van der Waals surface area contributed by atoms with Crippen LogP contribution in [-0.4, -0.2) is 33.5 Å². The van der Waals surface area contributed by atoms with E-state index in [4.69, 9.17) is 15.6 Å². The molecule has 0 saturated carbocycles. The van der Waals surface area contributed by atoms with Crippen LogP contribution in [0.3, 0.4) is 0 Å². The minimum absolute atomic E-state index is 0.351. The fourth-order valence-electron chi connectivity index (χ4n) is 1.16. The van der Waals surface area contributed by atoms with Crippen molar-refractivity contribution in [2.75, 3.05) is 6.61 Å². The molecule has 1 rings (SSSR count). The van der Waals surface area contributed by atoms with E-state index in [0.29, 0.717) is 25.3 Å². The standard InChI is InChI=1S/C10H17N3O3/c1-2-5-16-8-6-12-13(7-8)4-3-9(11)10(14)15/h6-7,9H,2-5,11H2,1H3,(H,14,15). The summed E-state index contributed by atoms with van der Waals surface area (Å²) < 4.78 is 6.99. The Labute approximate surface area is 94.0 Å². The Morgan fingerprint density at radius 2 is 2.50 bits per heavy atom. The molecule has 0 saturated heterocycles. The van der Waals surface area contributed by atoms with E-state index in [0.717, 1.165) is 6.42 Å². The Balaban J connectivity index is 2.37. The van der Waals surface area contributed by atoms with E-state index in [-0.39, 0.29) is 0 Å². The van der Waals surface area contributed by atoms with Gasteiger partial charge in [-0.25, -0.2) is 0 Å². The van der Waals surface area contributed by atoms with Crippen molar-refractivity contribution in [2.24, 2.45) is 5.73 Å². The van der Waals surface area contributed by atoms with E-state index in [9.17, 15) is 4.79 Å². The van der Waals surface area contributed by atoms with Gasteiger partial charge in [0.2, 0.25) is 0 Å². The molecule has 90 valence electrons. The van der Waals surface area contributed by atoms with Crippen molar-refractivity contribution in [3.8, 4) is 5.75 Å². The summed E-state index contributed by atoms with van der Waals surface area (Å²) in [6, 6.07) is -0.843. The molecule has 0 fully saturated rings. The third-order valence-corrected chi connectivity index (χ3v) is 2.07. The molecule has 1 heterocycles. The van der Waals surface area contributed by atoms with Gasteiger partial charge in [0.15, 0.2) is 5.75 Å². The molecular formula is C10H17N3O3. The summed E-state index contributed by atoms with van der Waals surface area (Å²) in [6.45, 7) is 3.15. The highest BCUT2D eigenvalue weighted by Gasteiger charge is 2.11. The molecule has 6 heteroatoms. The van der Waals surface area contributed by atoms with E-state index in [2.05, 4.69) is 5.10 Å². The molecule has 16 heavy (non-hydrogen) atoms. The van der Waals surface area contributed by atoms with Gasteiger partial charge in [0.25, 0.3) is 0 Å². The average molecular weight is 227 g/mol. The summed E-state index contributed by atoms with van der Waals surface area (Å²) in [5.74, 6) is -0.291. The molecule has 1 aromatic heterocycles. The number of hydrogen-bond acceptors (Lipinski definition) is 4. The molecule has 0 aliphatic heterocycles. The highest BCUT2D eigenvalue weighted by atomic mass is 16.5. The Hall–Kier alpha value is -1.56. The van der Waals surface area contributed by atoms with Crippen LogP contribution in [0.1, 0.15) is 19.8 Å². The number of aromatic nitrogens is 2. The first kappa shape index (κ1) is 12.5. The molecule has 1 unspecified atom stereocenters. The number of carbonyl (C=O) groups is 1. The molecule has 0 aliphatic rings. The molecule has 0 spiro atoms.